The van der Waals surface area contributed by atoms with Crippen molar-refractivity contribution in [1.29, 1.82) is 0 Å². The molecule has 0 atom stereocenters. The van der Waals surface area contributed by atoms with E-state index in [2.05, 4.69) is 52.7 Å². The minimum atomic E-state index is 0.256. The molecule has 0 spiro atoms. The maximum atomic E-state index is 4.53. The van der Waals surface area contributed by atoms with E-state index in [1.807, 2.05) is 6.20 Å². The van der Waals surface area contributed by atoms with Crippen molar-refractivity contribution in [3.63, 3.8) is 0 Å². The van der Waals surface area contributed by atoms with Crippen LogP contribution in [0.1, 0.15) is 32.3 Å². The number of hydrogen-bond donors (Lipinski definition) is 0. The second-order valence-corrected chi connectivity index (χ2v) is 5.78. The number of aryl methyl sites for hydroxylation is 1. The molecule has 1 aliphatic heterocycles. The van der Waals surface area contributed by atoms with Crippen molar-refractivity contribution >= 4 is 21.7 Å². The first-order valence-corrected chi connectivity index (χ1v) is 6.20. The van der Waals surface area contributed by atoms with E-state index in [1.165, 1.54) is 18.4 Å². The highest BCUT2D eigenvalue weighted by atomic mass is 79.9. The first kappa shape index (κ1) is 10.9. The zero-order chi connectivity index (χ0) is 11.1. The Kier molecular flexibility index (Phi) is 2.75. The van der Waals surface area contributed by atoms with E-state index in [-0.39, 0.29) is 5.54 Å². The van der Waals surface area contributed by atoms with Gasteiger partial charge >= 0.3 is 0 Å². The summed E-state index contributed by atoms with van der Waals surface area (Å²) in [4.78, 5) is 6.96. The Morgan fingerprint density at radius 3 is 2.73 bits per heavy atom. The normalized spacial score (nSPS) is 19.6. The number of pyridine rings is 1. The van der Waals surface area contributed by atoms with Gasteiger partial charge in [0.25, 0.3) is 0 Å². The SMILES string of the molecule is Cc1cc(Br)cnc1N1CCCC1(C)C. The van der Waals surface area contributed by atoms with Gasteiger partial charge in [-0.1, -0.05) is 0 Å². The van der Waals surface area contributed by atoms with E-state index >= 15 is 0 Å². The molecule has 1 fully saturated rings. The van der Waals surface area contributed by atoms with Crippen LogP contribution >= 0.6 is 15.9 Å². The topological polar surface area (TPSA) is 16.1 Å². The number of rotatable bonds is 1. The fourth-order valence-corrected chi connectivity index (χ4v) is 2.76. The largest absolute Gasteiger partial charge is 0.351 e. The second kappa shape index (κ2) is 3.78. The van der Waals surface area contributed by atoms with Gasteiger partial charge in [-0.05, 0) is 61.2 Å². The molecule has 3 heteroatoms. The third-order valence-electron chi connectivity index (χ3n) is 3.17. The Morgan fingerprint density at radius 1 is 1.47 bits per heavy atom. The molecule has 2 heterocycles. The van der Waals surface area contributed by atoms with Crippen molar-refractivity contribution in [3.05, 3.63) is 22.3 Å². The minimum absolute atomic E-state index is 0.256. The first-order chi connectivity index (χ1) is 7.00. The molecule has 2 nitrogen and oxygen atoms in total. The molecule has 1 aliphatic rings. The van der Waals surface area contributed by atoms with E-state index < -0.39 is 0 Å². The third kappa shape index (κ3) is 2.03. The lowest BCUT2D eigenvalue weighted by atomic mass is 10.0. The van der Waals surface area contributed by atoms with Crippen LogP contribution in [-0.4, -0.2) is 17.1 Å². The standard InChI is InChI=1S/C12H17BrN2/c1-9-7-10(13)8-14-11(9)15-6-4-5-12(15,2)3/h7-8H,4-6H2,1-3H3. The van der Waals surface area contributed by atoms with Gasteiger partial charge in [-0.25, -0.2) is 4.98 Å². The number of nitrogens with zero attached hydrogens (tertiary/aromatic N) is 2. The number of hydrogen-bond acceptors (Lipinski definition) is 2. The molecule has 1 saturated heterocycles. The van der Waals surface area contributed by atoms with Crippen LogP contribution in [0.2, 0.25) is 0 Å². The van der Waals surface area contributed by atoms with E-state index in [0.717, 1.165) is 16.8 Å². The van der Waals surface area contributed by atoms with Crippen LogP contribution in [0, 0.1) is 6.92 Å². The van der Waals surface area contributed by atoms with Crippen molar-refractivity contribution in [3.8, 4) is 0 Å². The summed E-state index contributed by atoms with van der Waals surface area (Å²) in [6.07, 6.45) is 4.41. The van der Waals surface area contributed by atoms with Crippen LogP contribution in [0.5, 0.6) is 0 Å². The quantitative estimate of drug-likeness (QED) is 0.775. The molecule has 0 bridgehead atoms. The predicted molar refractivity (Wildman–Crippen MR) is 67.3 cm³/mol. The minimum Gasteiger partial charge on any atom is -0.351 e. The van der Waals surface area contributed by atoms with Gasteiger partial charge in [0.05, 0.1) is 0 Å². The van der Waals surface area contributed by atoms with Crippen LogP contribution in [-0.2, 0) is 0 Å². The van der Waals surface area contributed by atoms with Gasteiger partial charge in [0.15, 0.2) is 0 Å². The lowest BCUT2D eigenvalue weighted by Crippen LogP contribution is -2.39. The van der Waals surface area contributed by atoms with Gasteiger partial charge in [-0.3, -0.25) is 0 Å². The lowest BCUT2D eigenvalue weighted by Gasteiger charge is -2.33. The molecule has 1 aromatic heterocycles. The fourth-order valence-electron chi connectivity index (χ4n) is 2.32. The summed E-state index contributed by atoms with van der Waals surface area (Å²) in [7, 11) is 0. The molecule has 1 aromatic rings. The van der Waals surface area contributed by atoms with E-state index in [0.29, 0.717) is 0 Å². The van der Waals surface area contributed by atoms with Gasteiger partial charge in [0.1, 0.15) is 5.82 Å². The Labute approximate surface area is 99.8 Å². The third-order valence-corrected chi connectivity index (χ3v) is 3.61. The summed E-state index contributed by atoms with van der Waals surface area (Å²) in [5.41, 5.74) is 1.50. The summed E-state index contributed by atoms with van der Waals surface area (Å²) in [6.45, 7) is 7.84. The molecule has 0 unspecified atom stereocenters. The monoisotopic (exact) mass is 268 g/mol. The smallest absolute Gasteiger partial charge is 0.131 e. The molecular formula is C12H17BrN2. The molecule has 82 valence electrons. The molecule has 0 saturated carbocycles. The van der Waals surface area contributed by atoms with Crippen LogP contribution in [0.15, 0.2) is 16.7 Å². The van der Waals surface area contributed by atoms with E-state index in [4.69, 9.17) is 0 Å². The molecule has 0 aliphatic carbocycles. The molecule has 0 radical (unpaired) electrons. The van der Waals surface area contributed by atoms with Gasteiger partial charge < -0.3 is 4.90 Å². The van der Waals surface area contributed by atoms with Gasteiger partial charge in [-0.15, -0.1) is 0 Å². The summed E-state index contributed by atoms with van der Waals surface area (Å²) >= 11 is 3.45. The fraction of sp³-hybridized carbons (Fsp3) is 0.583. The summed E-state index contributed by atoms with van der Waals surface area (Å²) < 4.78 is 1.06. The van der Waals surface area contributed by atoms with Gasteiger partial charge in [-0.2, -0.15) is 0 Å². The maximum Gasteiger partial charge on any atom is 0.131 e. The Balaban J connectivity index is 2.37. The highest BCUT2D eigenvalue weighted by molar-refractivity contribution is 9.10. The van der Waals surface area contributed by atoms with Crippen molar-refractivity contribution in [2.45, 2.75) is 39.2 Å². The Morgan fingerprint density at radius 2 is 2.20 bits per heavy atom. The Hall–Kier alpha value is -0.570. The lowest BCUT2D eigenvalue weighted by molar-refractivity contribution is 0.513. The van der Waals surface area contributed by atoms with Crippen molar-refractivity contribution in [1.82, 2.24) is 4.98 Å². The van der Waals surface area contributed by atoms with Crippen molar-refractivity contribution < 1.29 is 0 Å². The molecular weight excluding hydrogens is 252 g/mol. The number of anilines is 1. The molecule has 2 rings (SSSR count). The molecule has 0 aromatic carbocycles. The first-order valence-electron chi connectivity index (χ1n) is 5.40. The van der Waals surface area contributed by atoms with Gasteiger partial charge in [0, 0.05) is 22.8 Å². The average Bonchev–Trinajstić information content (AvgIpc) is 2.46. The summed E-state index contributed by atoms with van der Waals surface area (Å²) in [5.74, 6) is 1.14. The predicted octanol–water partition coefficient (Wildman–Crippen LogP) is 3.53. The molecule has 15 heavy (non-hydrogen) atoms. The van der Waals surface area contributed by atoms with Crippen LogP contribution < -0.4 is 4.90 Å². The van der Waals surface area contributed by atoms with E-state index in [9.17, 15) is 0 Å². The number of halogens is 1. The van der Waals surface area contributed by atoms with Crippen molar-refractivity contribution in [2.24, 2.45) is 0 Å². The highest BCUT2D eigenvalue weighted by Gasteiger charge is 2.33. The Bertz CT molecular complexity index is 374. The van der Waals surface area contributed by atoms with E-state index in [1.54, 1.807) is 0 Å². The van der Waals surface area contributed by atoms with Crippen LogP contribution in [0.4, 0.5) is 5.82 Å². The van der Waals surface area contributed by atoms with Crippen LogP contribution in [0.25, 0.3) is 0 Å². The maximum absolute atomic E-state index is 4.53. The number of aromatic nitrogens is 1. The zero-order valence-corrected chi connectivity index (χ0v) is 11.1. The summed E-state index contributed by atoms with van der Waals surface area (Å²) in [5, 5.41) is 0. The average molecular weight is 269 g/mol. The second-order valence-electron chi connectivity index (χ2n) is 4.86. The highest BCUT2D eigenvalue weighted by Crippen LogP contribution is 2.34. The molecule has 0 N–H and O–H groups in total. The van der Waals surface area contributed by atoms with Crippen LogP contribution in [0.3, 0.4) is 0 Å². The van der Waals surface area contributed by atoms with Crippen molar-refractivity contribution in [2.75, 3.05) is 11.4 Å². The summed E-state index contributed by atoms with van der Waals surface area (Å²) in [6, 6.07) is 2.14. The zero-order valence-electron chi connectivity index (χ0n) is 9.55. The molecule has 0 amide bonds. The van der Waals surface area contributed by atoms with Gasteiger partial charge in [0.2, 0.25) is 0 Å².